The van der Waals surface area contributed by atoms with E-state index in [0.29, 0.717) is 6.42 Å². The number of hydrogen-bond donors (Lipinski definition) is 0. The summed E-state index contributed by atoms with van der Waals surface area (Å²) in [6, 6.07) is 7.31. The number of benzene rings is 1. The van der Waals surface area contributed by atoms with Crippen LogP contribution >= 0.6 is 0 Å². The average Bonchev–Trinajstić information content (AvgIpc) is 2.93. The van der Waals surface area contributed by atoms with E-state index >= 15 is 0 Å². The molecule has 0 radical (unpaired) electrons. The van der Waals surface area contributed by atoms with Crippen molar-refractivity contribution in [3.63, 3.8) is 0 Å². The first-order valence-electron chi connectivity index (χ1n) is 10.1. The standard InChI is InChI=1S/C23H32O5/c1-5-6-7-8-9-10-11-20-23(3,17(2)21(24)28-20)22(25)27-16-18-12-14-19(26-4)15-13-18/h12-15,20H,2,5-11,16H2,1,3-4H3/t20-,23+/m1/s1. The Hall–Kier alpha value is -2.30. The van der Waals surface area contributed by atoms with E-state index in [2.05, 4.69) is 13.5 Å². The van der Waals surface area contributed by atoms with Crippen LogP contribution in [0.4, 0.5) is 0 Å². The second-order valence-corrected chi connectivity index (χ2v) is 7.56. The lowest BCUT2D eigenvalue weighted by Crippen LogP contribution is -2.38. The monoisotopic (exact) mass is 388 g/mol. The van der Waals surface area contributed by atoms with Crippen molar-refractivity contribution < 1.29 is 23.8 Å². The highest BCUT2D eigenvalue weighted by atomic mass is 16.6. The smallest absolute Gasteiger partial charge is 0.335 e. The van der Waals surface area contributed by atoms with Crippen LogP contribution in [0.1, 0.15) is 64.4 Å². The highest BCUT2D eigenvalue weighted by Crippen LogP contribution is 2.42. The Kier molecular flexibility index (Phi) is 8.09. The molecule has 2 rings (SSSR count). The first-order chi connectivity index (χ1) is 13.4. The van der Waals surface area contributed by atoms with Gasteiger partial charge in [0.1, 0.15) is 23.9 Å². The maximum absolute atomic E-state index is 12.9. The van der Waals surface area contributed by atoms with Gasteiger partial charge in [-0.2, -0.15) is 0 Å². The minimum atomic E-state index is -1.13. The minimum Gasteiger partial charge on any atom is -0.497 e. The lowest BCUT2D eigenvalue weighted by molar-refractivity contribution is -0.158. The van der Waals surface area contributed by atoms with E-state index in [4.69, 9.17) is 14.2 Å². The highest BCUT2D eigenvalue weighted by molar-refractivity contribution is 6.00. The van der Waals surface area contributed by atoms with Crippen LogP contribution in [0.15, 0.2) is 36.4 Å². The first kappa shape index (κ1) is 22.0. The van der Waals surface area contributed by atoms with Gasteiger partial charge in [-0.3, -0.25) is 4.79 Å². The largest absolute Gasteiger partial charge is 0.497 e. The Labute approximate surface area is 168 Å². The number of esters is 2. The van der Waals surface area contributed by atoms with Gasteiger partial charge in [0, 0.05) is 0 Å². The van der Waals surface area contributed by atoms with Crippen LogP contribution in [0.5, 0.6) is 5.75 Å². The Bertz CT molecular complexity index is 679. The zero-order chi connectivity index (χ0) is 20.6. The quantitative estimate of drug-likeness (QED) is 0.304. The van der Waals surface area contributed by atoms with Crippen molar-refractivity contribution in [1.29, 1.82) is 0 Å². The summed E-state index contributed by atoms with van der Waals surface area (Å²) in [5, 5.41) is 0. The second-order valence-electron chi connectivity index (χ2n) is 7.56. The highest BCUT2D eigenvalue weighted by Gasteiger charge is 2.55. The molecule has 1 saturated heterocycles. The molecular weight excluding hydrogens is 356 g/mol. The van der Waals surface area contributed by atoms with Crippen LogP contribution in [0.25, 0.3) is 0 Å². The molecule has 0 aromatic heterocycles. The predicted molar refractivity (Wildman–Crippen MR) is 108 cm³/mol. The van der Waals surface area contributed by atoms with Crippen LogP contribution in [0.2, 0.25) is 0 Å². The molecule has 0 aliphatic carbocycles. The second kappa shape index (κ2) is 10.3. The summed E-state index contributed by atoms with van der Waals surface area (Å²) in [7, 11) is 1.60. The van der Waals surface area contributed by atoms with Crippen molar-refractivity contribution in [3.8, 4) is 5.75 Å². The van der Waals surface area contributed by atoms with Crippen LogP contribution in [0, 0.1) is 5.41 Å². The maximum Gasteiger partial charge on any atom is 0.335 e. The average molecular weight is 389 g/mol. The van der Waals surface area contributed by atoms with E-state index in [0.717, 1.165) is 30.6 Å². The number of cyclic esters (lactones) is 1. The van der Waals surface area contributed by atoms with Crippen molar-refractivity contribution in [2.24, 2.45) is 5.41 Å². The fourth-order valence-corrected chi connectivity index (χ4v) is 3.46. The molecular formula is C23H32O5. The van der Waals surface area contributed by atoms with Crippen LogP contribution < -0.4 is 4.74 Å². The molecule has 1 aromatic carbocycles. The molecule has 154 valence electrons. The summed E-state index contributed by atoms with van der Waals surface area (Å²) in [4.78, 5) is 24.9. The fraction of sp³-hybridized carbons (Fsp3) is 0.565. The van der Waals surface area contributed by atoms with Crippen LogP contribution in [0.3, 0.4) is 0 Å². The summed E-state index contributed by atoms with van der Waals surface area (Å²) in [6.45, 7) is 7.84. The van der Waals surface area contributed by atoms with Crippen molar-refractivity contribution in [1.82, 2.24) is 0 Å². The molecule has 0 N–H and O–H groups in total. The Balaban J connectivity index is 1.94. The van der Waals surface area contributed by atoms with Gasteiger partial charge in [-0.05, 0) is 37.5 Å². The normalized spacial score (nSPS) is 21.5. The molecule has 2 atom stereocenters. The van der Waals surface area contributed by atoms with Gasteiger partial charge in [0.15, 0.2) is 0 Å². The van der Waals surface area contributed by atoms with Gasteiger partial charge in [0.25, 0.3) is 0 Å². The topological polar surface area (TPSA) is 61.8 Å². The van der Waals surface area contributed by atoms with E-state index < -0.39 is 23.5 Å². The van der Waals surface area contributed by atoms with E-state index in [1.807, 2.05) is 24.3 Å². The van der Waals surface area contributed by atoms with E-state index in [1.54, 1.807) is 14.0 Å². The molecule has 28 heavy (non-hydrogen) atoms. The zero-order valence-corrected chi connectivity index (χ0v) is 17.3. The summed E-state index contributed by atoms with van der Waals surface area (Å²) in [6.07, 6.45) is 6.94. The fourth-order valence-electron chi connectivity index (χ4n) is 3.46. The van der Waals surface area contributed by atoms with Gasteiger partial charge in [-0.15, -0.1) is 0 Å². The third-order valence-electron chi connectivity index (χ3n) is 5.54. The summed E-state index contributed by atoms with van der Waals surface area (Å²) in [5.74, 6) is -0.223. The zero-order valence-electron chi connectivity index (χ0n) is 17.3. The summed E-state index contributed by atoms with van der Waals surface area (Å²) < 4.78 is 16.1. The lowest BCUT2D eigenvalue weighted by Gasteiger charge is -2.27. The van der Waals surface area contributed by atoms with Gasteiger partial charge in [-0.25, -0.2) is 4.79 Å². The van der Waals surface area contributed by atoms with Crippen LogP contribution in [-0.4, -0.2) is 25.2 Å². The molecule has 1 aromatic rings. The molecule has 0 bridgehead atoms. The number of unbranched alkanes of at least 4 members (excludes halogenated alkanes) is 5. The molecule has 1 aliphatic heterocycles. The van der Waals surface area contributed by atoms with Crippen molar-refractivity contribution in [2.75, 3.05) is 7.11 Å². The van der Waals surface area contributed by atoms with Crippen molar-refractivity contribution >= 4 is 11.9 Å². The summed E-state index contributed by atoms with van der Waals surface area (Å²) in [5.41, 5.74) is -0.100. The number of hydrogen-bond acceptors (Lipinski definition) is 5. The Morgan fingerprint density at radius 2 is 1.79 bits per heavy atom. The van der Waals surface area contributed by atoms with Crippen molar-refractivity contribution in [2.45, 2.75) is 71.5 Å². The summed E-state index contributed by atoms with van der Waals surface area (Å²) >= 11 is 0. The van der Waals surface area contributed by atoms with E-state index in [1.165, 1.54) is 19.3 Å². The van der Waals surface area contributed by atoms with Gasteiger partial charge in [0.2, 0.25) is 0 Å². The SMILES string of the molecule is C=C1C(=O)O[C@H](CCCCCCCC)[C@@]1(C)C(=O)OCc1ccc(OC)cc1. The minimum absolute atomic E-state index is 0.129. The van der Waals surface area contributed by atoms with Gasteiger partial charge < -0.3 is 14.2 Å². The number of rotatable bonds is 11. The van der Waals surface area contributed by atoms with E-state index in [-0.39, 0.29) is 12.2 Å². The number of methoxy groups -OCH3 is 1. The maximum atomic E-state index is 12.9. The predicted octanol–water partition coefficient (Wildman–Crippen LogP) is 4.98. The third kappa shape index (κ3) is 5.15. The van der Waals surface area contributed by atoms with Crippen LogP contribution in [-0.2, 0) is 25.7 Å². The molecule has 1 heterocycles. The molecule has 1 aliphatic rings. The van der Waals surface area contributed by atoms with Crippen molar-refractivity contribution in [3.05, 3.63) is 42.0 Å². The molecule has 5 nitrogen and oxygen atoms in total. The van der Waals surface area contributed by atoms with E-state index in [9.17, 15) is 9.59 Å². The lowest BCUT2D eigenvalue weighted by atomic mass is 9.78. The molecule has 0 spiro atoms. The number of carbonyl (C=O) groups is 2. The Morgan fingerprint density at radius 1 is 1.14 bits per heavy atom. The third-order valence-corrected chi connectivity index (χ3v) is 5.54. The molecule has 1 fully saturated rings. The molecule has 0 amide bonds. The molecule has 5 heteroatoms. The van der Waals surface area contributed by atoms with Gasteiger partial charge in [-0.1, -0.05) is 57.7 Å². The molecule has 0 unspecified atom stereocenters. The first-order valence-corrected chi connectivity index (χ1v) is 10.1. The number of carbonyl (C=O) groups excluding carboxylic acids is 2. The van der Waals surface area contributed by atoms with Gasteiger partial charge >= 0.3 is 11.9 Å². The number of ether oxygens (including phenoxy) is 3. The van der Waals surface area contributed by atoms with Gasteiger partial charge in [0.05, 0.1) is 12.7 Å². The molecule has 0 saturated carbocycles. The Morgan fingerprint density at radius 3 is 2.43 bits per heavy atom.